The minimum Gasteiger partial charge on any atom is -0.380 e. The molecule has 1 saturated heterocycles. The van der Waals surface area contributed by atoms with E-state index in [9.17, 15) is 0 Å². The van der Waals surface area contributed by atoms with Crippen molar-refractivity contribution in [2.75, 3.05) is 39.9 Å². The van der Waals surface area contributed by atoms with Gasteiger partial charge in [0.1, 0.15) is 0 Å². The van der Waals surface area contributed by atoms with Crippen LogP contribution in [0.3, 0.4) is 0 Å². The average molecular weight is 186 g/mol. The molecule has 0 aliphatic carbocycles. The molecule has 0 aromatic carbocycles. The van der Waals surface area contributed by atoms with Crippen molar-refractivity contribution in [1.29, 1.82) is 0 Å². The number of hydrogen-bond acceptors (Lipinski definition) is 3. The highest BCUT2D eigenvalue weighted by molar-refractivity contribution is 4.84. The topological polar surface area (TPSA) is 24.5 Å². The second-order valence-electron chi connectivity index (χ2n) is 3.88. The first-order valence-corrected chi connectivity index (χ1v) is 5.24. The van der Waals surface area contributed by atoms with Crippen molar-refractivity contribution in [3.05, 3.63) is 0 Å². The standard InChI is InChI=1S/C10H22N2O/c1-4-13-6-5-12(3)10-8-11-7-9(10)2/h9-11H,4-8H2,1-3H3. The summed E-state index contributed by atoms with van der Waals surface area (Å²) >= 11 is 0. The number of hydrogen-bond donors (Lipinski definition) is 1. The van der Waals surface area contributed by atoms with E-state index in [2.05, 4.69) is 24.2 Å². The molecular weight excluding hydrogens is 164 g/mol. The Morgan fingerprint density at radius 3 is 2.77 bits per heavy atom. The fourth-order valence-corrected chi connectivity index (χ4v) is 1.91. The second kappa shape index (κ2) is 5.58. The lowest BCUT2D eigenvalue weighted by molar-refractivity contribution is 0.103. The van der Waals surface area contributed by atoms with Crippen LogP contribution in [0.4, 0.5) is 0 Å². The molecule has 0 aromatic rings. The molecule has 0 saturated carbocycles. The van der Waals surface area contributed by atoms with Crippen LogP contribution >= 0.6 is 0 Å². The van der Waals surface area contributed by atoms with Gasteiger partial charge in [-0.15, -0.1) is 0 Å². The van der Waals surface area contributed by atoms with E-state index in [4.69, 9.17) is 4.74 Å². The van der Waals surface area contributed by atoms with Crippen LogP contribution in [-0.4, -0.2) is 50.8 Å². The summed E-state index contributed by atoms with van der Waals surface area (Å²) in [7, 11) is 2.19. The van der Waals surface area contributed by atoms with Crippen molar-refractivity contribution in [3.8, 4) is 0 Å². The monoisotopic (exact) mass is 186 g/mol. The molecule has 1 fully saturated rings. The molecule has 3 heteroatoms. The van der Waals surface area contributed by atoms with Crippen LogP contribution in [0.2, 0.25) is 0 Å². The lowest BCUT2D eigenvalue weighted by atomic mass is 10.1. The minimum atomic E-state index is 0.695. The minimum absolute atomic E-state index is 0.695. The molecule has 13 heavy (non-hydrogen) atoms. The summed E-state index contributed by atoms with van der Waals surface area (Å²) in [6.45, 7) is 9.36. The zero-order valence-electron chi connectivity index (χ0n) is 9.05. The van der Waals surface area contributed by atoms with Crippen molar-refractivity contribution in [2.45, 2.75) is 19.9 Å². The van der Waals surface area contributed by atoms with Crippen LogP contribution in [0.1, 0.15) is 13.8 Å². The molecule has 0 bridgehead atoms. The zero-order valence-corrected chi connectivity index (χ0v) is 9.05. The van der Waals surface area contributed by atoms with E-state index in [-0.39, 0.29) is 0 Å². The number of likely N-dealkylation sites (N-methyl/N-ethyl adjacent to an activating group) is 1. The van der Waals surface area contributed by atoms with Gasteiger partial charge >= 0.3 is 0 Å². The number of rotatable bonds is 5. The van der Waals surface area contributed by atoms with Gasteiger partial charge in [-0.2, -0.15) is 0 Å². The first-order chi connectivity index (χ1) is 6.25. The number of nitrogens with one attached hydrogen (secondary N) is 1. The van der Waals surface area contributed by atoms with Crippen LogP contribution in [0.5, 0.6) is 0 Å². The lowest BCUT2D eigenvalue weighted by Gasteiger charge is -2.26. The van der Waals surface area contributed by atoms with E-state index >= 15 is 0 Å². The zero-order chi connectivity index (χ0) is 9.68. The smallest absolute Gasteiger partial charge is 0.0593 e. The summed E-state index contributed by atoms with van der Waals surface area (Å²) in [5.41, 5.74) is 0. The Balaban J connectivity index is 2.18. The van der Waals surface area contributed by atoms with Gasteiger partial charge in [-0.1, -0.05) is 6.92 Å². The summed E-state index contributed by atoms with van der Waals surface area (Å²) < 4.78 is 5.34. The van der Waals surface area contributed by atoms with Crippen LogP contribution in [0.25, 0.3) is 0 Å². The van der Waals surface area contributed by atoms with Gasteiger partial charge in [-0.05, 0) is 26.4 Å². The lowest BCUT2D eigenvalue weighted by Crippen LogP contribution is -2.39. The molecule has 2 atom stereocenters. The van der Waals surface area contributed by atoms with Gasteiger partial charge in [0.05, 0.1) is 6.61 Å². The van der Waals surface area contributed by atoms with E-state index in [1.807, 2.05) is 6.92 Å². The summed E-state index contributed by atoms with van der Waals surface area (Å²) in [6, 6.07) is 0.695. The highest BCUT2D eigenvalue weighted by Crippen LogP contribution is 2.12. The summed E-state index contributed by atoms with van der Waals surface area (Å²) in [4.78, 5) is 2.40. The third-order valence-corrected chi connectivity index (χ3v) is 2.84. The first-order valence-electron chi connectivity index (χ1n) is 5.24. The van der Waals surface area contributed by atoms with E-state index in [1.165, 1.54) is 0 Å². The molecule has 2 unspecified atom stereocenters. The predicted molar refractivity (Wildman–Crippen MR) is 54.9 cm³/mol. The number of ether oxygens (including phenoxy) is 1. The van der Waals surface area contributed by atoms with Crippen LogP contribution in [-0.2, 0) is 4.74 Å². The molecule has 0 aromatic heterocycles. The van der Waals surface area contributed by atoms with Crippen molar-refractivity contribution < 1.29 is 4.74 Å². The molecular formula is C10H22N2O. The Morgan fingerprint density at radius 2 is 2.23 bits per heavy atom. The molecule has 78 valence electrons. The van der Waals surface area contributed by atoms with Gasteiger partial charge in [0.25, 0.3) is 0 Å². The summed E-state index contributed by atoms with van der Waals surface area (Å²) in [5.74, 6) is 0.770. The van der Waals surface area contributed by atoms with Crippen LogP contribution in [0, 0.1) is 5.92 Å². The van der Waals surface area contributed by atoms with Gasteiger partial charge in [-0.3, -0.25) is 4.90 Å². The Bertz CT molecular complexity index is 141. The molecule has 0 spiro atoms. The molecule has 1 aliphatic heterocycles. The van der Waals surface area contributed by atoms with Crippen molar-refractivity contribution in [2.24, 2.45) is 5.92 Å². The van der Waals surface area contributed by atoms with Crippen molar-refractivity contribution in [3.63, 3.8) is 0 Å². The van der Waals surface area contributed by atoms with Crippen molar-refractivity contribution in [1.82, 2.24) is 10.2 Å². The van der Waals surface area contributed by atoms with Crippen molar-refractivity contribution >= 4 is 0 Å². The van der Waals surface area contributed by atoms with Crippen LogP contribution < -0.4 is 5.32 Å². The molecule has 1 heterocycles. The van der Waals surface area contributed by atoms with E-state index in [0.717, 1.165) is 38.8 Å². The van der Waals surface area contributed by atoms with Gasteiger partial charge in [0.2, 0.25) is 0 Å². The summed E-state index contributed by atoms with van der Waals surface area (Å²) in [6.07, 6.45) is 0. The third kappa shape index (κ3) is 3.25. The fraction of sp³-hybridized carbons (Fsp3) is 1.00. The Kier molecular flexibility index (Phi) is 4.70. The maximum atomic E-state index is 5.34. The molecule has 0 radical (unpaired) electrons. The van der Waals surface area contributed by atoms with E-state index < -0.39 is 0 Å². The van der Waals surface area contributed by atoms with E-state index in [0.29, 0.717) is 6.04 Å². The predicted octanol–water partition coefficient (Wildman–Crippen LogP) is 0.563. The molecule has 0 amide bonds. The molecule has 1 aliphatic rings. The van der Waals surface area contributed by atoms with Gasteiger partial charge in [0, 0.05) is 25.7 Å². The highest BCUT2D eigenvalue weighted by Gasteiger charge is 2.25. The Hall–Kier alpha value is -0.120. The van der Waals surface area contributed by atoms with Crippen LogP contribution in [0.15, 0.2) is 0 Å². The Labute approximate surface area is 81.4 Å². The maximum Gasteiger partial charge on any atom is 0.0593 e. The second-order valence-corrected chi connectivity index (χ2v) is 3.88. The normalized spacial score (nSPS) is 28.6. The largest absolute Gasteiger partial charge is 0.380 e. The SMILES string of the molecule is CCOCCN(C)C1CNCC1C. The molecule has 1 N–H and O–H groups in total. The highest BCUT2D eigenvalue weighted by atomic mass is 16.5. The molecule has 1 rings (SSSR count). The average Bonchev–Trinajstić information content (AvgIpc) is 2.52. The van der Waals surface area contributed by atoms with Gasteiger partial charge < -0.3 is 10.1 Å². The fourth-order valence-electron chi connectivity index (χ4n) is 1.91. The Morgan fingerprint density at radius 1 is 1.46 bits per heavy atom. The van der Waals surface area contributed by atoms with Gasteiger partial charge in [0.15, 0.2) is 0 Å². The maximum absolute atomic E-state index is 5.34. The van der Waals surface area contributed by atoms with E-state index in [1.54, 1.807) is 0 Å². The number of nitrogens with zero attached hydrogens (tertiary/aromatic N) is 1. The third-order valence-electron chi connectivity index (χ3n) is 2.84. The summed E-state index contributed by atoms with van der Waals surface area (Å²) in [5, 5.41) is 3.41. The molecule has 3 nitrogen and oxygen atoms in total. The first kappa shape index (κ1) is 11.0. The quantitative estimate of drug-likeness (QED) is 0.635. The van der Waals surface area contributed by atoms with Gasteiger partial charge in [-0.25, -0.2) is 0 Å².